The molecule has 6 nitrogen and oxygen atoms in total. The van der Waals surface area contributed by atoms with Crippen LogP contribution < -0.4 is 10.2 Å². The molecule has 0 radical (unpaired) electrons. The van der Waals surface area contributed by atoms with Crippen molar-refractivity contribution in [3.63, 3.8) is 0 Å². The van der Waals surface area contributed by atoms with Gasteiger partial charge in [-0.25, -0.2) is 4.68 Å². The zero-order chi connectivity index (χ0) is 24.5. The molecule has 0 saturated carbocycles. The number of nitrogens with zero attached hydrogens (tertiary/aromatic N) is 4. The van der Waals surface area contributed by atoms with Crippen molar-refractivity contribution in [2.45, 2.75) is 20.0 Å². The number of hydrogen-bond donors (Lipinski definition) is 1. The topological polar surface area (TPSA) is 53.4 Å². The van der Waals surface area contributed by atoms with Gasteiger partial charge in [-0.15, -0.1) is 0 Å². The summed E-state index contributed by atoms with van der Waals surface area (Å²) in [6, 6.07) is 12.8. The summed E-state index contributed by atoms with van der Waals surface area (Å²) in [5.74, 6) is -0.404. The third-order valence-corrected chi connectivity index (χ3v) is 6.21. The van der Waals surface area contributed by atoms with Crippen molar-refractivity contribution in [3.8, 4) is 5.69 Å². The number of aromatic nitrogens is 2. The van der Waals surface area contributed by atoms with Crippen molar-refractivity contribution in [3.05, 3.63) is 70.5 Å². The van der Waals surface area contributed by atoms with E-state index in [-0.39, 0.29) is 17.3 Å². The van der Waals surface area contributed by atoms with Gasteiger partial charge in [-0.05, 0) is 44.2 Å². The molecule has 0 bridgehead atoms. The molecule has 1 aromatic heterocycles. The van der Waals surface area contributed by atoms with Crippen LogP contribution in [0.1, 0.15) is 17.0 Å². The van der Waals surface area contributed by atoms with Crippen LogP contribution in [0.2, 0.25) is 5.02 Å². The normalized spacial score (nSPS) is 14.9. The predicted molar refractivity (Wildman–Crippen MR) is 127 cm³/mol. The van der Waals surface area contributed by atoms with Crippen LogP contribution in [0.25, 0.3) is 5.69 Å². The molecule has 34 heavy (non-hydrogen) atoms. The second-order valence-corrected chi connectivity index (χ2v) is 8.68. The lowest BCUT2D eigenvalue weighted by Crippen LogP contribution is -2.49. The number of amides is 1. The average molecular weight is 492 g/mol. The molecular formula is C24H25ClF3N5O. The summed E-state index contributed by atoms with van der Waals surface area (Å²) >= 11 is 5.99. The molecule has 1 fully saturated rings. The van der Waals surface area contributed by atoms with Crippen molar-refractivity contribution in [1.29, 1.82) is 0 Å². The zero-order valence-electron chi connectivity index (χ0n) is 18.9. The van der Waals surface area contributed by atoms with Crippen molar-refractivity contribution < 1.29 is 18.0 Å². The average Bonchev–Trinajstić information content (AvgIpc) is 3.09. The Morgan fingerprint density at radius 2 is 1.74 bits per heavy atom. The quantitative estimate of drug-likeness (QED) is 0.550. The Labute approximate surface area is 200 Å². The van der Waals surface area contributed by atoms with E-state index < -0.39 is 17.6 Å². The van der Waals surface area contributed by atoms with Gasteiger partial charge in [0, 0.05) is 26.2 Å². The largest absolute Gasteiger partial charge is 0.416 e. The van der Waals surface area contributed by atoms with Crippen molar-refractivity contribution in [2.75, 3.05) is 42.9 Å². The number of piperazine rings is 1. The highest BCUT2D eigenvalue weighted by molar-refractivity contribution is 6.33. The van der Waals surface area contributed by atoms with Gasteiger partial charge in [-0.3, -0.25) is 9.69 Å². The van der Waals surface area contributed by atoms with Crippen LogP contribution in [0, 0.1) is 13.8 Å². The number of nitrogens with one attached hydrogen (secondary N) is 1. The molecule has 2 aromatic carbocycles. The summed E-state index contributed by atoms with van der Waals surface area (Å²) in [6.45, 7) is 6.79. The highest BCUT2D eigenvalue weighted by atomic mass is 35.5. The molecule has 10 heteroatoms. The summed E-state index contributed by atoms with van der Waals surface area (Å²) in [4.78, 5) is 16.7. The molecule has 3 aromatic rings. The van der Waals surface area contributed by atoms with Crippen LogP contribution in [0.3, 0.4) is 0 Å². The number of alkyl halides is 3. The fraction of sp³-hybridized carbons (Fsp3) is 0.333. The molecule has 1 N–H and O–H groups in total. The van der Waals surface area contributed by atoms with E-state index in [1.54, 1.807) is 0 Å². The molecule has 1 amide bonds. The van der Waals surface area contributed by atoms with Crippen molar-refractivity contribution >= 4 is 28.9 Å². The molecule has 1 aliphatic heterocycles. The van der Waals surface area contributed by atoms with E-state index in [4.69, 9.17) is 16.7 Å². The van der Waals surface area contributed by atoms with Gasteiger partial charge in [0.2, 0.25) is 5.91 Å². The van der Waals surface area contributed by atoms with Crippen molar-refractivity contribution in [1.82, 2.24) is 14.7 Å². The van der Waals surface area contributed by atoms with Gasteiger partial charge in [0.1, 0.15) is 0 Å². The standard InChI is InChI=1S/C24H25ClF3N5O/c1-16-23(17(2)33(30-16)19-6-4-3-5-7-19)32-12-10-31(11-13-32)15-22(34)29-21-14-18(24(26,27)28)8-9-20(21)25/h3-9,14H,10-13,15H2,1-2H3,(H,29,34). The first-order valence-corrected chi connectivity index (χ1v) is 11.3. The van der Waals surface area contributed by atoms with Crippen LogP contribution >= 0.6 is 11.6 Å². The summed E-state index contributed by atoms with van der Waals surface area (Å²) in [7, 11) is 0. The summed E-state index contributed by atoms with van der Waals surface area (Å²) < 4.78 is 40.8. The summed E-state index contributed by atoms with van der Waals surface area (Å²) in [5, 5.41) is 7.28. The Morgan fingerprint density at radius 3 is 2.38 bits per heavy atom. The SMILES string of the molecule is Cc1nn(-c2ccccc2)c(C)c1N1CCN(CC(=O)Nc2cc(C(F)(F)F)ccc2Cl)CC1. The molecular weight excluding hydrogens is 467 g/mol. The molecule has 0 aliphatic carbocycles. The number of anilines is 2. The van der Waals surface area contributed by atoms with Gasteiger partial charge < -0.3 is 10.2 Å². The van der Waals surface area contributed by atoms with Crippen LogP contribution in [0.5, 0.6) is 0 Å². The second-order valence-electron chi connectivity index (χ2n) is 8.27. The van der Waals surface area contributed by atoms with Gasteiger partial charge >= 0.3 is 6.18 Å². The first-order valence-electron chi connectivity index (χ1n) is 10.9. The molecule has 4 rings (SSSR count). The van der Waals surface area contributed by atoms with Crippen molar-refractivity contribution in [2.24, 2.45) is 0 Å². The number of benzene rings is 2. The van der Waals surface area contributed by atoms with Gasteiger partial charge in [0.05, 0.1) is 45.6 Å². The fourth-order valence-electron chi connectivity index (χ4n) is 4.23. The minimum Gasteiger partial charge on any atom is -0.366 e. The third kappa shape index (κ3) is 5.20. The number of carbonyl (C=O) groups is 1. The number of halogens is 4. The lowest BCUT2D eigenvalue weighted by atomic mass is 10.2. The molecule has 1 aliphatic rings. The molecule has 0 atom stereocenters. The number of hydrogen-bond acceptors (Lipinski definition) is 4. The Kier molecular flexibility index (Phi) is 6.86. The molecule has 180 valence electrons. The Hall–Kier alpha value is -3.04. The molecule has 0 spiro atoms. The van der Waals surface area contributed by atoms with E-state index >= 15 is 0 Å². The van der Waals surface area contributed by atoms with Gasteiger partial charge in [0.25, 0.3) is 0 Å². The van der Waals surface area contributed by atoms with E-state index in [1.807, 2.05) is 53.8 Å². The third-order valence-electron chi connectivity index (χ3n) is 5.88. The monoisotopic (exact) mass is 491 g/mol. The van der Waals surface area contributed by atoms with Gasteiger partial charge in [-0.1, -0.05) is 29.8 Å². The fourth-order valence-corrected chi connectivity index (χ4v) is 4.40. The summed E-state index contributed by atoms with van der Waals surface area (Å²) in [5.41, 5.74) is 3.17. The predicted octanol–water partition coefficient (Wildman–Crippen LogP) is 4.92. The second kappa shape index (κ2) is 9.68. The molecule has 0 unspecified atom stereocenters. The van der Waals surface area contributed by atoms with E-state index in [0.29, 0.717) is 26.2 Å². The van der Waals surface area contributed by atoms with Gasteiger partial charge in [0.15, 0.2) is 0 Å². The lowest BCUT2D eigenvalue weighted by Gasteiger charge is -2.35. The van der Waals surface area contributed by atoms with Crippen LogP contribution in [0.15, 0.2) is 48.5 Å². The maximum absolute atomic E-state index is 13.0. The van der Waals surface area contributed by atoms with Gasteiger partial charge in [-0.2, -0.15) is 18.3 Å². The molecule has 2 heterocycles. The number of aryl methyl sites for hydroxylation is 1. The highest BCUT2D eigenvalue weighted by Crippen LogP contribution is 2.34. The van der Waals surface area contributed by atoms with E-state index in [1.165, 1.54) is 0 Å². The summed E-state index contributed by atoms with van der Waals surface area (Å²) in [6.07, 6.45) is -4.51. The number of carbonyl (C=O) groups excluding carboxylic acids is 1. The minimum absolute atomic E-state index is 0.0419. The maximum atomic E-state index is 13.0. The van der Waals surface area contributed by atoms with E-state index in [9.17, 15) is 18.0 Å². The Bertz CT molecular complexity index is 1170. The Morgan fingerprint density at radius 1 is 1.06 bits per heavy atom. The smallest absolute Gasteiger partial charge is 0.366 e. The Balaban J connectivity index is 1.37. The highest BCUT2D eigenvalue weighted by Gasteiger charge is 2.31. The zero-order valence-corrected chi connectivity index (χ0v) is 19.6. The molecule has 1 saturated heterocycles. The van der Waals surface area contributed by atoms with E-state index in [0.717, 1.165) is 41.0 Å². The number of para-hydroxylation sites is 1. The minimum atomic E-state index is -4.51. The lowest BCUT2D eigenvalue weighted by molar-refractivity contribution is -0.137. The van der Waals surface area contributed by atoms with Crippen LogP contribution in [-0.4, -0.2) is 53.3 Å². The van der Waals surface area contributed by atoms with Crippen LogP contribution in [0.4, 0.5) is 24.5 Å². The van der Waals surface area contributed by atoms with E-state index in [2.05, 4.69) is 10.2 Å². The number of rotatable bonds is 5. The first-order chi connectivity index (χ1) is 16.1. The first kappa shape index (κ1) is 24.1. The van der Waals surface area contributed by atoms with Crippen LogP contribution in [-0.2, 0) is 11.0 Å². The maximum Gasteiger partial charge on any atom is 0.416 e.